The molecule has 0 fully saturated rings. The van der Waals surface area contributed by atoms with Gasteiger partial charge in [-0.05, 0) is 25.5 Å². The van der Waals surface area contributed by atoms with Gasteiger partial charge in [0, 0.05) is 31.3 Å². The lowest BCUT2D eigenvalue weighted by Crippen LogP contribution is -2.34. The normalized spacial score (nSPS) is 10.8. The van der Waals surface area contributed by atoms with Gasteiger partial charge in [0.25, 0.3) is 0 Å². The van der Waals surface area contributed by atoms with E-state index in [0.717, 1.165) is 13.2 Å². The van der Waals surface area contributed by atoms with E-state index in [1.54, 1.807) is 7.11 Å². The fraction of sp³-hybridized carbons (Fsp3) is 0.538. The summed E-state index contributed by atoms with van der Waals surface area (Å²) < 4.78 is 5.14. The van der Waals surface area contributed by atoms with Crippen LogP contribution in [0.15, 0.2) is 24.3 Å². The van der Waals surface area contributed by atoms with Gasteiger partial charge in [-0.25, -0.2) is 0 Å². The maximum absolute atomic E-state index is 5.96. The minimum absolute atomic E-state index is 0.444. The summed E-state index contributed by atoms with van der Waals surface area (Å²) in [7, 11) is 1.73. The lowest BCUT2D eigenvalue weighted by atomic mass is 10.1. The van der Waals surface area contributed by atoms with Crippen LogP contribution in [-0.2, 0) is 10.6 Å². The molecule has 0 aliphatic carbocycles. The van der Waals surface area contributed by atoms with Crippen LogP contribution in [0, 0.1) is 0 Å². The Labute approximate surface area is 103 Å². The van der Waals surface area contributed by atoms with Crippen molar-refractivity contribution >= 4 is 17.3 Å². The molecule has 0 aliphatic heterocycles. The zero-order valence-electron chi connectivity index (χ0n) is 10.2. The first-order valence-corrected chi connectivity index (χ1v) is 6.13. The fourth-order valence-corrected chi connectivity index (χ4v) is 1.98. The highest BCUT2D eigenvalue weighted by Crippen LogP contribution is 2.23. The van der Waals surface area contributed by atoms with Gasteiger partial charge in [-0.15, -0.1) is 11.6 Å². The first kappa shape index (κ1) is 13.3. The Hall–Kier alpha value is -0.730. The topological polar surface area (TPSA) is 12.5 Å². The van der Waals surface area contributed by atoms with Crippen LogP contribution >= 0.6 is 11.6 Å². The number of hydrogen-bond acceptors (Lipinski definition) is 2. The second-order valence-corrected chi connectivity index (χ2v) is 4.31. The molecule has 1 rings (SSSR count). The monoisotopic (exact) mass is 241 g/mol. The molecule has 0 bridgehead atoms. The van der Waals surface area contributed by atoms with Crippen LogP contribution in [0.2, 0.25) is 0 Å². The number of anilines is 1. The number of benzene rings is 1. The zero-order valence-corrected chi connectivity index (χ0v) is 11.0. The molecule has 0 amide bonds. The molecule has 0 heterocycles. The molecule has 2 nitrogen and oxygen atoms in total. The highest BCUT2D eigenvalue weighted by molar-refractivity contribution is 6.17. The summed E-state index contributed by atoms with van der Waals surface area (Å²) >= 11 is 5.96. The smallest absolute Gasteiger partial charge is 0.0637 e. The Morgan fingerprint density at radius 1 is 1.31 bits per heavy atom. The first-order chi connectivity index (χ1) is 7.70. The minimum atomic E-state index is 0.444. The van der Waals surface area contributed by atoms with Crippen molar-refractivity contribution in [2.24, 2.45) is 0 Å². The molecule has 0 radical (unpaired) electrons. The molecule has 16 heavy (non-hydrogen) atoms. The fourth-order valence-electron chi connectivity index (χ4n) is 1.75. The van der Waals surface area contributed by atoms with E-state index >= 15 is 0 Å². The third-order valence-electron chi connectivity index (χ3n) is 2.60. The predicted octanol–water partition coefficient (Wildman–Crippen LogP) is 3.29. The summed E-state index contributed by atoms with van der Waals surface area (Å²) in [5.74, 6) is 0.548. The van der Waals surface area contributed by atoms with Gasteiger partial charge >= 0.3 is 0 Å². The Kier molecular flexibility index (Phi) is 5.64. The Morgan fingerprint density at radius 2 is 2.00 bits per heavy atom. The Morgan fingerprint density at radius 3 is 2.56 bits per heavy atom. The molecule has 0 spiro atoms. The third-order valence-corrected chi connectivity index (χ3v) is 2.89. The van der Waals surface area contributed by atoms with Crippen molar-refractivity contribution in [3.8, 4) is 0 Å². The maximum atomic E-state index is 5.96. The van der Waals surface area contributed by atoms with Crippen LogP contribution in [0.25, 0.3) is 0 Å². The maximum Gasteiger partial charge on any atom is 0.0637 e. The summed E-state index contributed by atoms with van der Waals surface area (Å²) in [4.78, 5) is 2.32. The van der Waals surface area contributed by atoms with Crippen LogP contribution in [-0.4, -0.2) is 26.3 Å². The van der Waals surface area contributed by atoms with Crippen LogP contribution < -0.4 is 4.90 Å². The average molecular weight is 242 g/mol. The van der Waals surface area contributed by atoms with Crippen LogP contribution in [0.3, 0.4) is 0 Å². The lowest BCUT2D eigenvalue weighted by Gasteiger charge is -2.30. The number of para-hydroxylation sites is 1. The molecule has 0 aromatic heterocycles. The van der Waals surface area contributed by atoms with E-state index in [4.69, 9.17) is 16.3 Å². The number of ether oxygens (including phenoxy) is 1. The molecular formula is C13H20ClNO. The molecule has 0 saturated carbocycles. The lowest BCUT2D eigenvalue weighted by molar-refractivity contribution is 0.204. The van der Waals surface area contributed by atoms with Gasteiger partial charge in [0.1, 0.15) is 0 Å². The molecule has 0 atom stereocenters. The molecule has 0 aliphatic rings. The highest BCUT2D eigenvalue weighted by atomic mass is 35.5. The quantitative estimate of drug-likeness (QED) is 0.709. The Bertz CT molecular complexity index is 315. The van der Waals surface area contributed by atoms with Gasteiger partial charge in [-0.2, -0.15) is 0 Å². The van der Waals surface area contributed by atoms with Crippen LogP contribution in [0.4, 0.5) is 5.69 Å². The van der Waals surface area contributed by atoms with Crippen molar-refractivity contribution in [1.82, 2.24) is 0 Å². The summed E-state index contributed by atoms with van der Waals surface area (Å²) in [5, 5.41) is 0. The van der Waals surface area contributed by atoms with Crippen molar-refractivity contribution < 1.29 is 4.74 Å². The second-order valence-electron chi connectivity index (χ2n) is 4.04. The average Bonchev–Trinajstić information content (AvgIpc) is 2.29. The van der Waals surface area contributed by atoms with E-state index in [1.807, 2.05) is 12.1 Å². The van der Waals surface area contributed by atoms with E-state index in [2.05, 4.69) is 30.9 Å². The van der Waals surface area contributed by atoms with E-state index in [1.165, 1.54) is 11.3 Å². The van der Waals surface area contributed by atoms with Gasteiger partial charge in [0.15, 0.2) is 0 Å². The predicted molar refractivity (Wildman–Crippen MR) is 70.4 cm³/mol. The van der Waals surface area contributed by atoms with Gasteiger partial charge in [-0.1, -0.05) is 18.2 Å². The van der Waals surface area contributed by atoms with E-state index in [0.29, 0.717) is 11.9 Å². The molecular weight excluding hydrogens is 222 g/mol. The number of alkyl halides is 1. The van der Waals surface area contributed by atoms with Gasteiger partial charge in [0.05, 0.1) is 6.61 Å². The van der Waals surface area contributed by atoms with E-state index in [-0.39, 0.29) is 0 Å². The molecule has 0 N–H and O–H groups in total. The summed E-state index contributed by atoms with van der Waals surface area (Å²) in [5.41, 5.74) is 2.39. The molecule has 0 saturated heterocycles. The number of nitrogens with zero attached hydrogens (tertiary/aromatic N) is 1. The highest BCUT2D eigenvalue weighted by Gasteiger charge is 2.13. The molecule has 3 heteroatoms. The van der Waals surface area contributed by atoms with Crippen molar-refractivity contribution in [1.29, 1.82) is 0 Å². The summed E-state index contributed by atoms with van der Waals surface area (Å²) in [6.07, 6.45) is 0. The van der Waals surface area contributed by atoms with Crippen molar-refractivity contribution in [2.45, 2.75) is 25.8 Å². The number of hydrogen-bond donors (Lipinski definition) is 0. The number of halogens is 1. The van der Waals surface area contributed by atoms with Crippen molar-refractivity contribution in [3.63, 3.8) is 0 Å². The molecule has 1 aromatic rings. The van der Waals surface area contributed by atoms with Gasteiger partial charge < -0.3 is 9.64 Å². The summed E-state index contributed by atoms with van der Waals surface area (Å²) in [6.45, 7) is 5.98. The molecule has 1 aromatic carbocycles. The standard InChI is InChI=1S/C13H20ClNO/c1-11(2)15(8-9-16-3)13-7-5-4-6-12(13)10-14/h4-7,11H,8-10H2,1-3H3. The first-order valence-electron chi connectivity index (χ1n) is 5.60. The Balaban J connectivity index is 2.91. The molecule has 0 unspecified atom stereocenters. The SMILES string of the molecule is COCCN(c1ccccc1CCl)C(C)C. The zero-order chi connectivity index (χ0) is 12.0. The van der Waals surface area contributed by atoms with Gasteiger partial charge in [-0.3, -0.25) is 0 Å². The van der Waals surface area contributed by atoms with Gasteiger partial charge in [0.2, 0.25) is 0 Å². The van der Waals surface area contributed by atoms with Crippen molar-refractivity contribution in [2.75, 3.05) is 25.2 Å². The molecule has 90 valence electrons. The van der Waals surface area contributed by atoms with Crippen molar-refractivity contribution in [3.05, 3.63) is 29.8 Å². The van der Waals surface area contributed by atoms with E-state index in [9.17, 15) is 0 Å². The number of methoxy groups -OCH3 is 1. The third kappa shape index (κ3) is 3.39. The van der Waals surface area contributed by atoms with E-state index < -0.39 is 0 Å². The second kappa shape index (κ2) is 6.77. The number of rotatable bonds is 6. The summed E-state index contributed by atoms with van der Waals surface area (Å²) in [6, 6.07) is 8.71. The minimum Gasteiger partial charge on any atom is -0.383 e. The largest absolute Gasteiger partial charge is 0.383 e. The van der Waals surface area contributed by atoms with Crippen LogP contribution in [0.5, 0.6) is 0 Å². The van der Waals surface area contributed by atoms with Crippen LogP contribution in [0.1, 0.15) is 19.4 Å².